The number of rotatable bonds is 4. The summed E-state index contributed by atoms with van der Waals surface area (Å²) in [5.74, 6) is 0.178. The van der Waals surface area contributed by atoms with Crippen LogP contribution in [0, 0.1) is 0 Å². The van der Waals surface area contributed by atoms with Crippen LogP contribution in [-0.4, -0.2) is 50.9 Å². The van der Waals surface area contributed by atoms with Crippen molar-refractivity contribution in [3.63, 3.8) is 0 Å². The molecule has 20 heavy (non-hydrogen) atoms. The predicted molar refractivity (Wildman–Crippen MR) is 76.2 cm³/mol. The normalized spacial score (nSPS) is 22.0. The van der Waals surface area contributed by atoms with E-state index in [0.29, 0.717) is 13.0 Å². The van der Waals surface area contributed by atoms with Crippen molar-refractivity contribution in [1.29, 1.82) is 0 Å². The minimum absolute atomic E-state index is 0.00875. The molecule has 2 heterocycles. The van der Waals surface area contributed by atoms with E-state index in [2.05, 4.69) is 10.4 Å². The summed E-state index contributed by atoms with van der Waals surface area (Å²) in [6.07, 6.45) is 1.44. The number of nitrogens with zero attached hydrogens (tertiary/aromatic N) is 2. The lowest BCUT2D eigenvalue weighted by atomic mass is 10.3. The van der Waals surface area contributed by atoms with Gasteiger partial charge in [-0.1, -0.05) is 0 Å². The van der Waals surface area contributed by atoms with E-state index >= 15 is 0 Å². The van der Waals surface area contributed by atoms with Crippen molar-refractivity contribution in [2.45, 2.75) is 24.3 Å². The zero-order valence-electron chi connectivity index (χ0n) is 11.3. The first-order chi connectivity index (χ1) is 9.15. The lowest BCUT2D eigenvalue weighted by Crippen LogP contribution is -2.15. The fraction of sp³-hybridized carbons (Fsp3) is 0.700. The van der Waals surface area contributed by atoms with Gasteiger partial charge in [0.1, 0.15) is 5.82 Å². The van der Waals surface area contributed by atoms with E-state index in [1.807, 2.05) is 0 Å². The molecule has 1 atom stereocenters. The van der Waals surface area contributed by atoms with E-state index < -0.39 is 25.7 Å². The van der Waals surface area contributed by atoms with Gasteiger partial charge < -0.3 is 11.1 Å². The van der Waals surface area contributed by atoms with Crippen molar-refractivity contribution in [2.24, 2.45) is 0 Å². The standard InChI is InChI=1S/C10H18N4O4S2/c1-3-12-10-8(19(2,15)16)9(11)14(13-10)7-4-5-20(17,18)6-7/h7H,3-6,11H2,1-2H3,(H,12,13). The molecule has 10 heteroatoms. The number of nitrogens with two attached hydrogens (primary N) is 1. The molecule has 0 saturated carbocycles. The SMILES string of the molecule is CCNc1nn(C2CCS(=O)(=O)C2)c(N)c1S(C)(=O)=O. The van der Waals surface area contributed by atoms with Crippen molar-refractivity contribution in [2.75, 3.05) is 35.4 Å². The van der Waals surface area contributed by atoms with Crippen molar-refractivity contribution in [3.05, 3.63) is 0 Å². The van der Waals surface area contributed by atoms with Gasteiger partial charge in [-0.3, -0.25) is 0 Å². The number of nitrogens with one attached hydrogen (secondary N) is 1. The number of hydrogen-bond acceptors (Lipinski definition) is 7. The van der Waals surface area contributed by atoms with Crippen molar-refractivity contribution >= 4 is 31.3 Å². The molecule has 3 N–H and O–H groups in total. The highest BCUT2D eigenvalue weighted by atomic mass is 32.2. The summed E-state index contributed by atoms with van der Waals surface area (Å²) < 4.78 is 48.0. The summed E-state index contributed by atoms with van der Waals surface area (Å²) in [6, 6.07) is -0.409. The maximum absolute atomic E-state index is 11.8. The van der Waals surface area contributed by atoms with E-state index in [-0.39, 0.29) is 28.0 Å². The van der Waals surface area contributed by atoms with Crippen molar-refractivity contribution in [1.82, 2.24) is 9.78 Å². The molecule has 1 aliphatic heterocycles. The Balaban J connectivity index is 2.51. The van der Waals surface area contributed by atoms with Gasteiger partial charge >= 0.3 is 0 Å². The molecule has 1 aliphatic rings. The number of anilines is 2. The molecule has 0 bridgehead atoms. The van der Waals surface area contributed by atoms with Gasteiger partial charge in [0.15, 0.2) is 30.4 Å². The molecule has 2 rings (SSSR count). The number of sulfone groups is 2. The van der Waals surface area contributed by atoms with Crippen molar-refractivity contribution < 1.29 is 16.8 Å². The molecule has 1 aromatic heterocycles. The predicted octanol–water partition coefficient (Wildman–Crippen LogP) is -0.340. The lowest BCUT2D eigenvalue weighted by molar-refractivity contribution is 0.507. The van der Waals surface area contributed by atoms with Crippen LogP contribution in [0.4, 0.5) is 11.6 Å². The molecular formula is C10H18N4O4S2. The van der Waals surface area contributed by atoms with Crippen LogP contribution < -0.4 is 11.1 Å². The summed E-state index contributed by atoms with van der Waals surface area (Å²) in [5, 5.41) is 7.00. The molecule has 8 nitrogen and oxygen atoms in total. The Morgan fingerprint density at radius 3 is 2.60 bits per heavy atom. The zero-order chi connectivity index (χ0) is 15.1. The topological polar surface area (TPSA) is 124 Å². The molecule has 1 fully saturated rings. The summed E-state index contributed by atoms with van der Waals surface area (Å²) >= 11 is 0. The number of nitrogen functional groups attached to an aromatic ring is 1. The maximum atomic E-state index is 11.8. The monoisotopic (exact) mass is 322 g/mol. The van der Waals surface area contributed by atoms with Crippen LogP contribution in [0.3, 0.4) is 0 Å². The average molecular weight is 322 g/mol. The van der Waals surface area contributed by atoms with Gasteiger partial charge in [0.25, 0.3) is 0 Å². The second-order valence-electron chi connectivity index (χ2n) is 4.87. The first kappa shape index (κ1) is 15.1. The third-order valence-electron chi connectivity index (χ3n) is 3.17. The van der Waals surface area contributed by atoms with E-state index in [0.717, 1.165) is 6.26 Å². The minimum atomic E-state index is -3.54. The van der Waals surface area contributed by atoms with E-state index in [1.165, 1.54) is 4.68 Å². The van der Waals surface area contributed by atoms with Crippen LogP contribution in [0.1, 0.15) is 19.4 Å². The molecule has 1 aromatic rings. The summed E-state index contributed by atoms with van der Waals surface area (Å²) in [7, 11) is -6.64. The van der Waals surface area contributed by atoms with Crippen molar-refractivity contribution in [3.8, 4) is 0 Å². The van der Waals surface area contributed by atoms with Gasteiger partial charge in [-0.25, -0.2) is 21.5 Å². The summed E-state index contributed by atoms with van der Waals surface area (Å²) in [6.45, 7) is 2.29. The van der Waals surface area contributed by atoms with Gasteiger partial charge in [-0.05, 0) is 13.3 Å². The Labute approximate surface area is 118 Å². The van der Waals surface area contributed by atoms with Crippen LogP contribution in [-0.2, 0) is 19.7 Å². The maximum Gasteiger partial charge on any atom is 0.182 e. The minimum Gasteiger partial charge on any atom is -0.383 e. The Kier molecular flexibility index (Phi) is 3.71. The molecule has 0 spiro atoms. The van der Waals surface area contributed by atoms with Gasteiger partial charge in [-0.15, -0.1) is 0 Å². The summed E-state index contributed by atoms with van der Waals surface area (Å²) in [4.78, 5) is -0.0661. The average Bonchev–Trinajstić information content (AvgIpc) is 2.79. The fourth-order valence-corrected chi connectivity index (χ4v) is 4.96. The second kappa shape index (κ2) is 4.92. The largest absolute Gasteiger partial charge is 0.383 e. The molecule has 114 valence electrons. The molecular weight excluding hydrogens is 304 g/mol. The highest BCUT2D eigenvalue weighted by Crippen LogP contribution is 2.33. The highest BCUT2D eigenvalue weighted by molar-refractivity contribution is 7.91. The highest BCUT2D eigenvalue weighted by Gasteiger charge is 2.34. The molecule has 0 aromatic carbocycles. The molecule has 1 unspecified atom stereocenters. The van der Waals surface area contributed by atoms with Gasteiger partial charge in [0.2, 0.25) is 0 Å². The van der Waals surface area contributed by atoms with Gasteiger partial charge in [0, 0.05) is 12.8 Å². The zero-order valence-corrected chi connectivity index (χ0v) is 13.0. The third-order valence-corrected chi connectivity index (χ3v) is 6.07. The second-order valence-corrected chi connectivity index (χ2v) is 9.05. The smallest absolute Gasteiger partial charge is 0.182 e. The van der Waals surface area contributed by atoms with E-state index in [1.54, 1.807) is 6.92 Å². The van der Waals surface area contributed by atoms with E-state index in [9.17, 15) is 16.8 Å². The first-order valence-corrected chi connectivity index (χ1v) is 9.89. The van der Waals surface area contributed by atoms with Crippen LogP contribution in [0.2, 0.25) is 0 Å². The Morgan fingerprint density at radius 2 is 2.15 bits per heavy atom. The number of hydrogen-bond donors (Lipinski definition) is 2. The molecule has 1 saturated heterocycles. The van der Waals surface area contributed by atoms with Crippen LogP contribution in [0.25, 0.3) is 0 Å². The van der Waals surface area contributed by atoms with Crippen LogP contribution in [0.5, 0.6) is 0 Å². The fourth-order valence-electron chi connectivity index (χ4n) is 2.33. The molecule has 0 radical (unpaired) electrons. The number of aromatic nitrogens is 2. The molecule has 0 amide bonds. The Morgan fingerprint density at radius 1 is 1.50 bits per heavy atom. The molecule has 0 aliphatic carbocycles. The van der Waals surface area contributed by atoms with Gasteiger partial charge in [0.05, 0.1) is 17.5 Å². The quantitative estimate of drug-likeness (QED) is 0.777. The summed E-state index contributed by atoms with van der Waals surface area (Å²) in [5.41, 5.74) is 5.88. The first-order valence-electron chi connectivity index (χ1n) is 6.18. The van der Waals surface area contributed by atoms with Crippen LogP contribution in [0.15, 0.2) is 4.90 Å². The lowest BCUT2D eigenvalue weighted by Gasteiger charge is -2.10. The third kappa shape index (κ3) is 2.75. The Hall–Kier alpha value is -1.29. The van der Waals surface area contributed by atoms with Crippen LogP contribution >= 0.6 is 0 Å². The Bertz CT molecular complexity index is 721. The van der Waals surface area contributed by atoms with Gasteiger partial charge in [-0.2, -0.15) is 5.10 Å². The van der Waals surface area contributed by atoms with E-state index in [4.69, 9.17) is 5.73 Å².